The summed E-state index contributed by atoms with van der Waals surface area (Å²) < 4.78 is 5.36. The molecule has 0 aromatic heterocycles. The second-order valence-corrected chi connectivity index (χ2v) is 3.56. The summed E-state index contributed by atoms with van der Waals surface area (Å²) in [6, 6.07) is 9.36. The Labute approximate surface area is 94.5 Å². The lowest BCUT2D eigenvalue weighted by Gasteiger charge is -2.09. The van der Waals surface area contributed by atoms with Crippen LogP contribution in [-0.2, 0) is 9.53 Å². The van der Waals surface area contributed by atoms with Gasteiger partial charge in [0.15, 0.2) is 0 Å². The van der Waals surface area contributed by atoms with Crippen LogP contribution in [0.3, 0.4) is 0 Å². The SMILES string of the molecule is CCCOC1=NN(c2ccccc2)C(=O)C1. The average molecular weight is 218 g/mol. The number of carbonyl (C=O) groups excluding carboxylic acids is 1. The van der Waals surface area contributed by atoms with Crippen molar-refractivity contribution in [2.24, 2.45) is 5.10 Å². The van der Waals surface area contributed by atoms with Crippen molar-refractivity contribution in [1.29, 1.82) is 0 Å². The molecule has 1 aromatic carbocycles. The van der Waals surface area contributed by atoms with Gasteiger partial charge in [-0.05, 0) is 18.6 Å². The van der Waals surface area contributed by atoms with Crippen LogP contribution in [0.2, 0.25) is 0 Å². The summed E-state index contributed by atoms with van der Waals surface area (Å²) in [5, 5.41) is 5.55. The standard InChI is InChI=1S/C12H14N2O2/c1-2-8-16-11-9-12(15)14(13-11)10-6-4-3-5-7-10/h3-7H,2,8-9H2,1H3. The molecule has 1 amide bonds. The van der Waals surface area contributed by atoms with Crippen LogP contribution in [0.5, 0.6) is 0 Å². The zero-order chi connectivity index (χ0) is 11.4. The van der Waals surface area contributed by atoms with Crippen molar-refractivity contribution in [3.63, 3.8) is 0 Å². The molecule has 16 heavy (non-hydrogen) atoms. The quantitative estimate of drug-likeness (QED) is 0.780. The van der Waals surface area contributed by atoms with E-state index in [0.29, 0.717) is 12.5 Å². The smallest absolute Gasteiger partial charge is 0.256 e. The monoisotopic (exact) mass is 218 g/mol. The van der Waals surface area contributed by atoms with Crippen molar-refractivity contribution in [1.82, 2.24) is 0 Å². The van der Waals surface area contributed by atoms with Gasteiger partial charge < -0.3 is 4.74 Å². The zero-order valence-corrected chi connectivity index (χ0v) is 9.22. The van der Waals surface area contributed by atoms with Crippen LogP contribution in [0.15, 0.2) is 35.4 Å². The summed E-state index contributed by atoms with van der Waals surface area (Å²) in [5.74, 6) is 0.466. The fourth-order valence-corrected chi connectivity index (χ4v) is 1.48. The predicted molar refractivity (Wildman–Crippen MR) is 62.2 cm³/mol. The highest BCUT2D eigenvalue weighted by atomic mass is 16.5. The number of rotatable bonds is 3. The van der Waals surface area contributed by atoms with Gasteiger partial charge in [-0.15, -0.1) is 5.10 Å². The topological polar surface area (TPSA) is 41.9 Å². The lowest BCUT2D eigenvalue weighted by molar-refractivity contribution is -0.117. The second-order valence-electron chi connectivity index (χ2n) is 3.56. The van der Waals surface area contributed by atoms with Crippen LogP contribution in [-0.4, -0.2) is 18.4 Å². The van der Waals surface area contributed by atoms with Gasteiger partial charge in [-0.1, -0.05) is 25.1 Å². The number of benzene rings is 1. The second kappa shape index (κ2) is 4.79. The Bertz CT molecular complexity index is 401. The van der Waals surface area contributed by atoms with Crippen molar-refractivity contribution in [3.8, 4) is 0 Å². The fraction of sp³-hybridized carbons (Fsp3) is 0.333. The van der Waals surface area contributed by atoms with Crippen LogP contribution in [0.25, 0.3) is 0 Å². The van der Waals surface area contributed by atoms with Crippen LogP contribution in [0, 0.1) is 0 Å². The third-order valence-electron chi connectivity index (χ3n) is 2.22. The summed E-state index contributed by atoms with van der Waals surface area (Å²) in [5.41, 5.74) is 0.780. The summed E-state index contributed by atoms with van der Waals surface area (Å²) >= 11 is 0. The number of carbonyl (C=O) groups is 1. The maximum atomic E-state index is 11.7. The Morgan fingerprint density at radius 1 is 1.38 bits per heavy atom. The zero-order valence-electron chi connectivity index (χ0n) is 9.22. The van der Waals surface area contributed by atoms with E-state index in [-0.39, 0.29) is 12.3 Å². The Hall–Kier alpha value is -1.84. The molecule has 1 aliphatic heterocycles. The summed E-state index contributed by atoms with van der Waals surface area (Å²) in [6.45, 7) is 2.63. The summed E-state index contributed by atoms with van der Waals surface area (Å²) in [4.78, 5) is 11.7. The first kappa shape index (κ1) is 10.7. The minimum atomic E-state index is -0.0442. The molecule has 0 bridgehead atoms. The third-order valence-corrected chi connectivity index (χ3v) is 2.22. The van der Waals surface area contributed by atoms with E-state index >= 15 is 0 Å². The first-order valence-corrected chi connectivity index (χ1v) is 5.39. The highest BCUT2D eigenvalue weighted by Crippen LogP contribution is 2.19. The molecule has 1 aromatic rings. The number of anilines is 1. The van der Waals surface area contributed by atoms with E-state index in [2.05, 4.69) is 5.10 Å². The molecular weight excluding hydrogens is 204 g/mol. The van der Waals surface area contributed by atoms with Crippen LogP contribution < -0.4 is 5.01 Å². The average Bonchev–Trinajstić information content (AvgIpc) is 2.69. The molecule has 0 N–H and O–H groups in total. The van der Waals surface area contributed by atoms with E-state index in [1.807, 2.05) is 37.3 Å². The normalized spacial score (nSPS) is 15.2. The van der Waals surface area contributed by atoms with Crippen molar-refractivity contribution in [2.45, 2.75) is 19.8 Å². The molecule has 0 saturated carbocycles. The predicted octanol–water partition coefficient (Wildman–Crippen LogP) is 2.16. The Morgan fingerprint density at radius 2 is 2.12 bits per heavy atom. The number of ether oxygens (including phenoxy) is 1. The van der Waals surface area contributed by atoms with Gasteiger partial charge in [0.25, 0.3) is 5.91 Å². The largest absolute Gasteiger partial charge is 0.479 e. The molecule has 0 unspecified atom stereocenters. The van der Waals surface area contributed by atoms with Gasteiger partial charge in [0.05, 0.1) is 12.3 Å². The number of nitrogens with zero attached hydrogens (tertiary/aromatic N) is 2. The lowest BCUT2D eigenvalue weighted by Crippen LogP contribution is -2.19. The molecule has 2 rings (SSSR count). The molecule has 0 atom stereocenters. The molecule has 1 heterocycles. The molecule has 0 spiro atoms. The minimum absolute atomic E-state index is 0.0442. The number of para-hydroxylation sites is 1. The van der Waals surface area contributed by atoms with Crippen LogP contribution in [0.4, 0.5) is 5.69 Å². The molecule has 84 valence electrons. The number of amides is 1. The number of hydrogen-bond donors (Lipinski definition) is 0. The maximum Gasteiger partial charge on any atom is 0.256 e. The van der Waals surface area contributed by atoms with E-state index in [1.54, 1.807) is 0 Å². The van der Waals surface area contributed by atoms with Gasteiger partial charge in [0.1, 0.15) is 6.42 Å². The van der Waals surface area contributed by atoms with Crippen LogP contribution >= 0.6 is 0 Å². The van der Waals surface area contributed by atoms with Crippen molar-refractivity contribution in [2.75, 3.05) is 11.6 Å². The highest BCUT2D eigenvalue weighted by Gasteiger charge is 2.25. The van der Waals surface area contributed by atoms with Crippen molar-refractivity contribution < 1.29 is 9.53 Å². The van der Waals surface area contributed by atoms with E-state index in [9.17, 15) is 4.79 Å². The molecular formula is C12H14N2O2. The third kappa shape index (κ3) is 2.21. The fourth-order valence-electron chi connectivity index (χ4n) is 1.48. The molecule has 0 aliphatic carbocycles. The first-order valence-electron chi connectivity index (χ1n) is 5.39. The van der Waals surface area contributed by atoms with Crippen molar-refractivity contribution in [3.05, 3.63) is 30.3 Å². The summed E-state index contributed by atoms with van der Waals surface area (Å²) in [7, 11) is 0. The molecule has 0 saturated heterocycles. The molecule has 0 fully saturated rings. The van der Waals surface area contributed by atoms with Crippen molar-refractivity contribution >= 4 is 17.5 Å². The van der Waals surface area contributed by atoms with Crippen LogP contribution in [0.1, 0.15) is 19.8 Å². The molecule has 4 nitrogen and oxygen atoms in total. The van der Waals surface area contributed by atoms with Gasteiger partial charge in [-0.3, -0.25) is 4.79 Å². The Morgan fingerprint density at radius 3 is 2.81 bits per heavy atom. The van der Waals surface area contributed by atoms with E-state index < -0.39 is 0 Å². The Balaban J connectivity index is 2.11. The van der Waals surface area contributed by atoms with E-state index in [0.717, 1.165) is 12.1 Å². The van der Waals surface area contributed by atoms with Gasteiger partial charge in [-0.25, -0.2) is 0 Å². The number of hydrazone groups is 1. The van der Waals surface area contributed by atoms with E-state index in [1.165, 1.54) is 5.01 Å². The van der Waals surface area contributed by atoms with Gasteiger partial charge in [-0.2, -0.15) is 5.01 Å². The summed E-state index contributed by atoms with van der Waals surface area (Å²) in [6.07, 6.45) is 1.17. The molecule has 1 aliphatic rings. The molecule has 0 radical (unpaired) electrons. The van der Waals surface area contributed by atoms with E-state index in [4.69, 9.17) is 4.74 Å². The minimum Gasteiger partial charge on any atom is -0.479 e. The Kier molecular flexibility index (Phi) is 3.19. The van der Waals surface area contributed by atoms with Gasteiger partial charge in [0, 0.05) is 0 Å². The number of hydrogen-bond acceptors (Lipinski definition) is 3. The van der Waals surface area contributed by atoms with Gasteiger partial charge >= 0.3 is 0 Å². The first-order chi connectivity index (χ1) is 7.81. The molecule has 4 heteroatoms. The van der Waals surface area contributed by atoms with Gasteiger partial charge in [0.2, 0.25) is 5.90 Å². The maximum absolute atomic E-state index is 11.7. The lowest BCUT2D eigenvalue weighted by atomic mass is 10.3. The highest BCUT2D eigenvalue weighted by molar-refractivity contribution is 6.10.